The first-order chi connectivity index (χ1) is 7.53. The summed E-state index contributed by atoms with van der Waals surface area (Å²) in [7, 11) is 0. The molecule has 0 radical (unpaired) electrons. The van der Waals surface area contributed by atoms with E-state index in [4.69, 9.17) is 9.84 Å². The van der Waals surface area contributed by atoms with Gasteiger partial charge in [-0.25, -0.2) is 0 Å². The normalized spacial score (nSPS) is 21.1. The predicted octanol–water partition coefficient (Wildman–Crippen LogP) is 1.08. The van der Waals surface area contributed by atoms with E-state index < -0.39 is 0 Å². The quantitative estimate of drug-likeness (QED) is 0.716. The lowest BCUT2D eigenvalue weighted by Crippen LogP contribution is -2.36. The average molecular weight is 229 g/mol. The molecule has 0 saturated carbocycles. The lowest BCUT2D eigenvalue weighted by Gasteiger charge is -2.22. The van der Waals surface area contributed by atoms with E-state index in [9.17, 15) is 4.79 Å². The molecule has 1 aliphatic heterocycles. The molecule has 4 heteroatoms. The van der Waals surface area contributed by atoms with Crippen LogP contribution in [0.1, 0.15) is 39.5 Å². The fourth-order valence-corrected chi connectivity index (χ4v) is 1.65. The van der Waals surface area contributed by atoms with E-state index in [-0.39, 0.29) is 24.0 Å². The van der Waals surface area contributed by atoms with Crippen LogP contribution in [0.5, 0.6) is 0 Å². The zero-order valence-corrected chi connectivity index (χ0v) is 10.3. The Morgan fingerprint density at radius 2 is 2.31 bits per heavy atom. The molecule has 1 amide bonds. The predicted molar refractivity (Wildman–Crippen MR) is 62.1 cm³/mol. The highest BCUT2D eigenvalue weighted by molar-refractivity contribution is 5.75. The molecule has 0 bridgehead atoms. The lowest BCUT2D eigenvalue weighted by molar-refractivity contribution is -0.122. The van der Waals surface area contributed by atoms with Gasteiger partial charge in [-0.3, -0.25) is 4.79 Å². The first kappa shape index (κ1) is 13.5. The summed E-state index contributed by atoms with van der Waals surface area (Å²) in [5, 5.41) is 11.9. The van der Waals surface area contributed by atoms with Crippen molar-refractivity contribution in [3.8, 4) is 0 Å². The molecule has 0 aliphatic carbocycles. The van der Waals surface area contributed by atoms with Gasteiger partial charge in [0.1, 0.15) is 0 Å². The number of rotatable bonds is 6. The first-order valence-corrected chi connectivity index (χ1v) is 6.03. The van der Waals surface area contributed by atoms with Gasteiger partial charge in [-0.15, -0.1) is 0 Å². The SMILES string of the molecule is CC(C)(CO)CNC(=O)CCC1CCCO1. The van der Waals surface area contributed by atoms with Crippen LogP contribution < -0.4 is 5.32 Å². The van der Waals surface area contributed by atoms with Crippen molar-refractivity contribution < 1.29 is 14.6 Å². The third-order valence-electron chi connectivity index (χ3n) is 2.91. The number of aliphatic hydroxyl groups is 1. The van der Waals surface area contributed by atoms with Gasteiger partial charge in [0.25, 0.3) is 0 Å². The zero-order valence-electron chi connectivity index (χ0n) is 10.3. The number of hydrogen-bond donors (Lipinski definition) is 2. The topological polar surface area (TPSA) is 58.6 Å². The second-order valence-corrected chi connectivity index (χ2v) is 5.27. The van der Waals surface area contributed by atoms with Crippen LogP contribution in [0.4, 0.5) is 0 Å². The summed E-state index contributed by atoms with van der Waals surface area (Å²) < 4.78 is 5.45. The first-order valence-electron chi connectivity index (χ1n) is 6.03. The molecule has 0 aromatic heterocycles. The van der Waals surface area contributed by atoms with Gasteiger partial charge < -0.3 is 15.2 Å². The molecule has 1 heterocycles. The number of nitrogens with one attached hydrogen (secondary N) is 1. The molecular weight excluding hydrogens is 206 g/mol. The van der Waals surface area contributed by atoms with E-state index in [0.717, 1.165) is 25.9 Å². The summed E-state index contributed by atoms with van der Waals surface area (Å²) in [5.41, 5.74) is -0.237. The monoisotopic (exact) mass is 229 g/mol. The van der Waals surface area contributed by atoms with Crippen molar-refractivity contribution in [2.75, 3.05) is 19.8 Å². The highest BCUT2D eigenvalue weighted by Gasteiger charge is 2.19. The number of ether oxygens (including phenoxy) is 1. The number of hydrogen-bond acceptors (Lipinski definition) is 3. The van der Waals surface area contributed by atoms with Gasteiger partial charge in [0.15, 0.2) is 0 Å². The van der Waals surface area contributed by atoms with E-state index in [0.29, 0.717) is 13.0 Å². The minimum absolute atomic E-state index is 0.0528. The van der Waals surface area contributed by atoms with Crippen LogP contribution in [-0.2, 0) is 9.53 Å². The lowest BCUT2D eigenvalue weighted by atomic mass is 9.95. The Labute approximate surface area is 97.4 Å². The number of carbonyl (C=O) groups excluding carboxylic acids is 1. The average Bonchev–Trinajstić information content (AvgIpc) is 2.76. The van der Waals surface area contributed by atoms with Crippen molar-refractivity contribution in [1.29, 1.82) is 0 Å². The highest BCUT2D eigenvalue weighted by atomic mass is 16.5. The second kappa shape index (κ2) is 6.21. The van der Waals surface area contributed by atoms with Crippen LogP contribution in [0.25, 0.3) is 0 Å². The molecule has 1 rings (SSSR count). The summed E-state index contributed by atoms with van der Waals surface area (Å²) in [4.78, 5) is 11.5. The van der Waals surface area contributed by atoms with Crippen LogP contribution in [-0.4, -0.2) is 36.9 Å². The molecule has 4 nitrogen and oxygen atoms in total. The molecule has 0 aromatic carbocycles. The smallest absolute Gasteiger partial charge is 0.220 e. The molecule has 1 saturated heterocycles. The number of aliphatic hydroxyl groups excluding tert-OH is 1. The summed E-state index contributed by atoms with van der Waals surface area (Å²) in [5.74, 6) is 0.0528. The van der Waals surface area contributed by atoms with Gasteiger partial charge in [0, 0.05) is 31.6 Å². The van der Waals surface area contributed by atoms with Crippen molar-refractivity contribution in [2.45, 2.75) is 45.6 Å². The van der Waals surface area contributed by atoms with Crippen LogP contribution in [0.15, 0.2) is 0 Å². The fourth-order valence-electron chi connectivity index (χ4n) is 1.65. The maximum Gasteiger partial charge on any atom is 0.220 e. The maximum absolute atomic E-state index is 11.5. The molecule has 1 aliphatic rings. The summed E-state index contributed by atoms with van der Waals surface area (Å²) in [6.07, 6.45) is 3.80. The van der Waals surface area contributed by atoms with E-state index in [1.165, 1.54) is 0 Å². The third kappa shape index (κ3) is 4.94. The van der Waals surface area contributed by atoms with Gasteiger partial charge in [-0.2, -0.15) is 0 Å². The van der Waals surface area contributed by atoms with Crippen LogP contribution in [0.3, 0.4) is 0 Å². The highest BCUT2D eigenvalue weighted by Crippen LogP contribution is 2.17. The number of carbonyl (C=O) groups is 1. The molecule has 1 fully saturated rings. The van der Waals surface area contributed by atoms with Crippen molar-refractivity contribution in [2.24, 2.45) is 5.41 Å². The molecule has 0 spiro atoms. The Balaban J connectivity index is 2.10. The molecule has 1 unspecified atom stereocenters. The van der Waals surface area contributed by atoms with Gasteiger partial charge in [0.05, 0.1) is 6.10 Å². The van der Waals surface area contributed by atoms with Crippen LogP contribution in [0.2, 0.25) is 0 Å². The minimum atomic E-state index is -0.237. The standard InChI is InChI=1S/C12H23NO3/c1-12(2,9-14)8-13-11(15)6-5-10-4-3-7-16-10/h10,14H,3-9H2,1-2H3,(H,13,15). The largest absolute Gasteiger partial charge is 0.396 e. The summed E-state index contributed by atoms with van der Waals surface area (Å²) in [6, 6.07) is 0. The summed E-state index contributed by atoms with van der Waals surface area (Å²) >= 11 is 0. The fraction of sp³-hybridized carbons (Fsp3) is 0.917. The van der Waals surface area contributed by atoms with Gasteiger partial charge in [-0.1, -0.05) is 13.8 Å². The van der Waals surface area contributed by atoms with Gasteiger partial charge in [-0.05, 0) is 19.3 Å². The van der Waals surface area contributed by atoms with E-state index in [1.807, 2.05) is 13.8 Å². The Hall–Kier alpha value is -0.610. The van der Waals surface area contributed by atoms with Crippen LogP contribution >= 0.6 is 0 Å². The van der Waals surface area contributed by atoms with Gasteiger partial charge in [0.2, 0.25) is 5.91 Å². The van der Waals surface area contributed by atoms with Crippen molar-refractivity contribution in [3.63, 3.8) is 0 Å². The Kier molecular flexibility index (Phi) is 5.22. The molecular formula is C12H23NO3. The zero-order chi connectivity index (χ0) is 12.0. The van der Waals surface area contributed by atoms with Gasteiger partial charge >= 0.3 is 0 Å². The van der Waals surface area contributed by atoms with Crippen molar-refractivity contribution in [3.05, 3.63) is 0 Å². The maximum atomic E-state index is 11.5. The number of amides is 1. The van der Waals surface area contributed by atoms with E-state index >= 15 is 0 Å². The molecule has 0 aromatic rings. The Morgan fingerprint density at radius 3 is 2.88 bits per heavy atom. The third-order valence-corrected chi connectivity index (χ3v) is 2.91. The van der Waals surface area contributed by atoms with Crippen LogP contribution in [0, 0.1) is 5.41 Å². The second-order valence-electron chi connectivity index (χ2n) is 5.27. The van der Waals surface area contributed by atoms with E-state index in [2.05, 4.69) is 5.32 Å². The molecule has 16 heavy (non-hydrogen) atoms. The Bertz CT molecular complexity index is 222. The molecule has 1 atom stereocenters. The van der Waals surface area contributed by atoms with Crippen molar-refractivity contribution >= 4 is 5.91 Å². The molecule has 94 valence electrons. The minimum Gasteiger partial charge on any atom is -0.396 e. The Morgan fingerprint density at radius 1 is 1.56 bits per heavy atom. The summed E-state index contributed by atoms with van der Waals surface area (Å²) in [6.45, 7) is 5.29. The van der Waals surface area contributed by atoms with E-state index in [1.54, 1.807) is 0 Å². The molecule has 2 N–H and O–H groups in total. The van der Waals surface area contributed by atoms with Crippen molar-refractivity contribution in [1.82, 2.24) is 5.32 Å².